The number of nitrogens with zero attached hydrogens (tertiary/aromatic N) is 1. The highest BCUT2D eigenvalue weighted by atomic mass is 16.5. The van der Waals surface area contributed by atoms with Gasteiger partial charge in [-0.15, -0.1) is 0 Å². The lowest BCUT2D eigenvalue weighted by Gasteiger charge is -2.58. The van der Waals surface area contributed by atoms with Crippen molar-refractivity contribution in [3.63, 3.8) is 0 Å². The summed E-state index contributed by atoms with van der Waals surface area (Å²) in [7, 11) is 8.02. The van der Waals surface area contributed by atoms with E-state index in [1.54, 1.807) is 51.5 Å². The molecule has 5 rings (SSSR count). The van der Waals surface area contributed by atoms with Gasteiger partial charge in [-0.25, -0.2) is 0 Å². The second-order valence-electron chi connectivity index (χ2n) is 9.58. The number of allylic oxidation sites excluding steroid dienone is 1. The molecule has 196 valence electrons. The number of hydrogen-bond donors (Lipinski definition) is 1. The van der Waals surface area contributed by atoms with E-state index in [-0.39, 0.29) is 23.5 Å². The van der Waals surface area contributed by atoms with Gasteiger partial charge in [-0.1, -0.05) is 18.6 Å². The van der Waals surface area contributed by atoms with Gasteiger partial charge in [0.05, 0.1) is 34.0 Å². The quantitative estimate of drug-likeness (QED) is 0.431. The Kier molecular flexibility index (Phi) is 6.43. The fraction of sp³-hybridized carbons (Fsp3) is 0.414. The van der Waals surface area contributed by atoms with Crippen molar-refractivity contribution in [2.24, 2.45) is 5.92 Å². The lowest BCUT2D eigenvalue weighted by molar-refractivity contribution is -0.183. The second kappa shape index (κ2) is 9.57. The summed E-state index contributed by atoms with van der Waals surface area (Å²) < 4.78 is 28.7. The Bertz CT molecular complexity index is 1280. The third-order valence-electron chi connectivity index (χ3n) is 7.97. The highest BCUT2D eigenvalue weighted by molar-refractivity contribution is 5.98. The number of fused-ring (bicyclic) bond motifs is 2. The number of methoxy groups -OCH3 is 4. The van der Waals surface area contributed by atoms with Gasteiger partial charge in [0, 0.05) is 36.4 Å². The topological polar surface area (TPSA) is 86.7 Å². The first-order chi connectivity index (χ1) is 17.9. The van der Waals surface area contributed by atoms with E-state index in [1.165, 1.54) is 7.11 Å². The molecule has 3 atom stereocenters. The molecular weight excluding hydrogens is 474 g/mol. The normalized spacial score (nSPS) is 25.6. The summed E-state index contributed by atoms with van der Waals surface area (Å²) in [4.78, 5) is 15.5. The van der Waals surface area contributed by atoms with Crippen LogP contribution >= 0.6 is 0 Å². The molecule has 0 aromatic heterocycles. The molecule has 2 aromatic rings. The fourth-order valence-electron chi connectivity index (χ4n) is 6.26. The van der Waals surface area contributed by atoms with E-state index in [0.29, 0.717) is 39.9 Å². The minimum absolute atomic E-state index is 0.0183. The van der Waals surface area contributed by atoms with E-state index in [1.807, 2.05) is 24.3 Å². The molecule has 1 aliphatic carbocycles. The molecule has 2 fully saturated rings. The molecular formula is C29H33NO7. The lowest BCUT2D eigenvalue weighted by Crippen LogP contribution is -2.67. The van der Waals surface area contributed by atoms with Crippen LogP contribution in [0.1, 0.15) is 42.7 Å². The van der Waals surface area contributed by atoms with Crippen LogP contribution in [0.25, 0.3) is 6.08 Å². The van der Waals surface area contributed by atoms with Crippen LogP contribution < -0.4 is 23.7 Å². The van der Waals surface area contributed by atoms with Crippen molar-refractivity contribution in [2.75, 3.05) is 35.5 Å². The predicted molar refractivity (Wildman–Crippen MR) is 139 cm³/mol. The summed E-state index contributed by atoms with van der Waals surface area (Å²) in [6, 6.07) is 9.31. The Morgan fingerprint density at radius 3 is 2.49 bits per heavy atom. The summed E-state index contributed by atoms with van der Waals surface area (Å²) in [5.74, 6) is 2.09. The average Bonchev–Trinajstić information content (AvgIpc) is 2.93. The molecule has 2 aliphatic heterocycles. The van der Waals surface area contributed by atoms with Gasteiger partial charge in [0.2, 0.25) is 5.75 Å². The summed E-state index contributed by atoms with van der Waals surface area (Å²) in [6.45, 7) is 0. The van der Waals surface area contributed by atoms with Gasteiger partial charge < -0.3 is 33.7 Å². The number of likely N-dealkylation sites (N-methyl/N-ethyl adjacent to an activating group) is 1. The summed E-state index contributed by atoms with van der Waals surface area (Å²) >= 11 is 0. The third kappa shape index (κ3) is 3.69. The van der Waals surface area contributed by atoms with Gasteiger partial charge in [-0.2, -0.15) is 0 Å². The number of likely N-dealkylation sites (tertiary alicyclic amines) is 1. The number of hydrogen-bond acceptors (Lipinski definition) is 7. The van der Waals surface area contributed by atoms with Gasteiger partial charge >= 0.3 is 0 Å². The van der Waals surface area contributed by atoms with E-state index in [4.69, 9.17) is 23.7 Å². The number of rotatable bonds is 6. The summed E-state index contributed by atoms with van der Waals surface area (Å²) in [5.41, 5.74) is 1.13. The van der Waals surface area contributed by atoms with Crippen LogP contribution in [0.3, 0.4) is 0 Å². The number of carbonyl (C=O) groups excluding carboxylic acids is 1. The molecule has 2 heterocycles. The third-order valence-corrected chi connectivity index (χ3v) is 7.97. The molecule has 8 nitrogen and oxygen atoms in total. The van der Waals surface area contributed by atoms with E-state index in [9.17, 15) is 9.90 Å². The SMILES string of the molecule is COc1cccc2c1OC13CCCCC1C2/C(=C(O)\C=C\c1ccc(OC)c(OC)c1OC)C(=O)N3C. The van der Waals surface area contributed by atoms with Crippen LogP contribution in [0, 0.1) is 5.92 Å². The highest BCUT2D eigenvalue weighted by Gasteiger charge is 2.61. The predicted octanol–water partition coefficient (Wildman–Crippen LogP) is 5.08. The number of aliphatic hydroxyl groups is 1. The van der Waals surface area contributed by atoms with E-state index < -0.39 is 5.72 Å². The Hall–Kier alpha value is -3.81. The van der Waals surface area contributed by atoms with Gasteiger partial charge in [0.1, 0.15) is 5.76 Å². The van der Waals surface area contributed by atoms with Crippen LogP contribution in [0.5, 0.6) is 28.7 Å². The Morgan fingerprint density at radius 2 is 1.78 bits per heavy atom. The van der Waals surface area contributed by atoms with Gasteiger partial charge in [0.15, 0.2) is 28.7 Å². The van der Waals surface area contributed by atoms with Crippen molar-refractivity contribution in [2.45, 2.75) is 37.3 Å². The van der Waals surface area contributed by atoms with Crippen LogP contribution in [-0.4, -0.2) is 57.1 Å². The monoisotopic (exact) mass is 507 g/mol. The first kappa shape index (κ1) is 24.9. The number of carbonyl (C=O) groups is 1. The Labute approximate surface area is 217 Å². The lowest BCUT2D eigenvalue weighted by atomic mass is 9.63. The molecule has 37 heavy (non-hydrogen) atoms. The molecule has 3 unspecified atom stereocenters. The number of piperidine rings is 1. The molecule has 2 bridgehead atoms. The number of para-hydroxylation sites is 1. The number of amides is 1. The second-order valence-corrected chi connectivity index (χ2v) is 9.58. The summed E-state index contributed by atoms with van der Waals surface area (Å²) in [6.07, 6.45) is 6.90. The maximum atomic E-state index is 13.8. The average molecular weight is 508 g/mol. The molecule has 1 saturated heterocycles. The molecule has 8 heteroatoms. The minimum atomic E-state index is -0.762. The fourth-order valence-corrected chi connectivity index (χ4v) is 6.26. The Balaban J connectivity index is 1.66. The van der Waals surface area contributed by atoms with Gasteiger partial charge in [0.25, 0.3) is 5.91 Å². The Morgan fingerprint density at radius 1 is 1.03 bits per heavy atom. The van der Waals surface area contributed by atoms with Crippen molar-refractivity contribution in [3.8, 4) is 28.7 Å². The molecule has 1 amide bonds. The maximum Gasteiger partial charge on any atom is 0.256 e. The molecule has 0 radical (unpaired) electrons. The van der Waals surface area contributed by atoms with Crippen LogP contribution in [0.15, 0.2) is 47.7 Å². The van der Waals surface area contributed by atoms with Crippen LogP contribution in [0.2, 0.25) is 0 Å². The van der Waals surface area contributed by atoms with E-state index >= 15 is 0 Å². The zero-order chi connectivity index (χ0) is 26.3. The zero-order valence-electron chi connectivity index (χ0n) is 21.9. The van der Waals surface area contributed by atoms with Crippen LogP contribution in [-0.2, 0) is 4.79 Å². The number of benzene rings is 2. The van der Waals surface area contributed by atoms with Gasteiger partial charge in [-0.05, 0) is 43.2 Å². The first-order valence-electron chi connectivity index (χ1n) is 12.5. The molecule has 0 spiro atoms. The summed E-state index contributed by atoms with van der Waals surface area (Å²) in [5, 5.41) is 11.4. The standard InChI is InChI=1S/C29H33NO7/c1-30-28(32)24(20(31)14-12-17-13-15-22(34-3)27(36-5)25(17)35-4)23-18-9-8-11-21(33-2)26(18)37-29(30)16-7-6-10-19(23)29/h8-9,11-15,19,23,31H,6-7,10,16H2,1-5H3/b14-12+,24-20-. The number of ether oxygens (including phenoxy) is 5. The molecule has 3 aliphatic rings. The minimum Gasteiger partial charge on any atom is -0.507 e. The van der Waals surface area contributed by atoms with Crippen molar-refractivity contribution in [1.82, 2.24) is 4.90 Å². The van der Waals surface area contributed by atoms with Crippen molar-refractivity contribution >= 4 is 12.0 Å². The van der Waals surface area contributed by atoms with Gasteiger partial charge in [-0.3, -0.25) is 4.79 Å². The highest BCUT2D eigenvalue weighted by Crippen LogP contribution is 2.60. The van der Waals surface area contributed by atoms with Crippen molar-refractivity contribution in [1.29, 1.82) is 0 Å². The number of aliphatic hydroxyl groups excluding tert-OH is 1. The molecule has 1 saturated carbocycles. The smallest absolute Gasteiger partial charge is 0.256 e. The van der Waals surface area contributed by atoms with E-state index in [0.717, 1.165) is 31.2 Å². The zero-order valence-corrected chi connectivity index (χ0v) is 21.9. The first-order valence-corrected chi connectivity index (χ1v) is 12.5. The van der Waals surface area contributed by atoms with Crippen molar-refractivity contribution in [3.05, 3.63) is 58.9 Å². The molecule has 2 aromatic carbocycles. The maximum absolute atomic E-state index is 13.8. The largest absolute Gasteiger partial charge is 0.507 e. The van der Waals surface area contributed by atoms with Crippen LogP contribution in [0.4, 0.5) is 0 Å². The van der Waals surface area contributed by atoms with E-state index in [2.05, 4.69) is 0 Å². The molecule has 1 N–H and O–H groups in total. The van der Waals surface area contributed by atoms with Crippen molar-refractivity contribution < 1.29 is 33.6 Å².